The summed E-state index contributed by atoms with van der Waals surface area (Å²) in [5, 5.41) is 0. The van der Waals surface area contributed by atoms with Crippen molar-refractivity contribution in [3.8, 4) is 0 Å². The fourth-order valence-corrected chi connectivity index (χ4v) is 2.92. The van der Waals surface area contributed by atoms with E-state index in [0.717, 1.165) is 49.8 Å². The Morgan fingerprint density at radius 1 is 0.704 bits per heavy atom. The standard InChI is InChI=1S/C22H27N5/c1-19-9-10-22(25-15-19)18-27(17-21-8-4-6-12-24-21)14-13-26(2)16-20-7-3-5-11-23-20/h3-12,15H,13-14,16-18H2,1-2H3. The summed E-state index contributed by atoms with van der Waals surface area (Å²) in [6, 6.07) is 16.4. The molecule has 5 heteroatoms. The molecule has 0 saturated carbocycles. The van der Waals surface area contributed by atoms with Crippen molar-refractivity contribution in [1.82, 2.24) is 24.8 Å². The van der Waals surface area contributed by atoms with Crippen LogP contribution in [0.2, 0.25) is 0 Å². The Bertz CT molecular complexity index is 790. The lowest BCUT2D eigenvalue weighted by atomic mass is 10.2. The highest BCUT2D eigenvalue weighted by Gasteiger charge is 2.11. The summed E-state index contributed by atoms with van der Waals surface area (Å²) < 4.78 is 0. The van der Waals surface area contributed by atoms with Crippen LogP contribution in [0.1, 0.15) is 22.6 Å². The summed E-state index contributed by atoms with van der Waals surface area (Å²) in [5.41, 5.74) is 4.45. The van der Waals surface area contributed by atoms with Gasteiger partial charge in [0.05, 0.1) is 17.1 Å². The number of nitrogens with zero attached hydrogens (tertiary/aromatic N) is 5. The number of aromatic nitrogens is 3. The molecule has 0 unspecified atom stereocenters. The zero-order valence-corrected chi connectivity index (χ0v) is 16.1. The van der Waals surface area contributed by atoms with Crippen molar-refractivity contribution in [3.63, 3.8) is 0 Å². The minimum absolute atomic E-state index is 0.813. The third-order valence-corrected chi connectivity index (χ3v) is 4.43. The Balaban J connectivity index is 1.60. The van der Waals surface area contributed by atoms with Gasteiger partial charge in [0.25, 0.3) is 0 Å². The molecule has 0 aliphatic heterocycles. The molecule has 0 N–H and O–H groups in total. The van der Waals surface area contributed by atoms with Crippen molar-refractivity contribution in [1.29, 1.82) is 0 Å². The summed E-state index contributed by atoms with van der Waals surface area (Å²) in [5.74, 6) is 0. The average Bonchev–Trinajstić information content (AvgIpc) is 2.69. The van der Waals surface area contributed by atoms with Crippen LogP contribution in [0.3, 0.4) is 0 Å². The van der Waals surface area contributed by atoms with Crippen LogP contribution in [-0.2, 0) is 19.6 Å². The molecule has 0 aliphatic rings. The quantitative estimate of drug-likeness (QED) is 0.585. The zero-order chi connectivity index (χ0) is 18.9. The van der Waals surface area contributed by atoms with Crippen molar-refractivity contribution in [2.45, 2.75) is 26.6 Å². The molecule has 0 radical (unpaired) electrons. The van der Waals surface area contributed by atoms with Crippen LogP contribution in [0.5, 0.6) is 0 Å². The first-order valence-electron chi connectivity index (χ1n) is 9.31. The topological polar surface area (TPSA) is 45.2 Å². The van der Waals surface area contributed by atoms with Crippen molar-refractivity contribution in [2.75, 3.05) is 20.1 Å². The van der Waals surface area contributed by atoms with E-state index in [0.29, 0.717) is 0 Å². The van der Waals surface area contributed by atoms with E-state index in [1.165, 1.54) is 5.56 Å². The second kappa shape index (κ2) is 9.90. The van der Waals surface area contributed by atoms with E-state index in [4.69, 9.17) is 0 Å². The average molecular weight is 361 g/mol. The van der Waals surface area contributed by atoms with Crippen molar-refractivity contribution >= 4 is 0 Å². The van der Waals surface area contributed by atoms with E-state index in [1.807, 2.05) is 42.9 Å². The molecule has 0 saturated heterocycles. The number of hydrogen-bond acceptors (Lipinski definition) is 5. The molecule has 0 amide bonds. The molecule has 3 rings (SSSR count). The molecule has 0 spiro atoms. The lowest BCUT2D eigenvalue weighted by Gasteiger charge is -2.25. The Kier molecular flexibility index (Phi) is 7.02. The zero-order valence-electron chi connectivity index (χ0n) is 16.1. The van der Waals surface area contributed by atoms with Crippen LogP contribution in [0.4, 0.5) is 0 Å². The van der Waals surface area contributed by atoms with E-state index in [2.05, 4.69) is 63.0 Å². The molecule has 3 aromatic rings. The van der Waals surface area contributed by atoms with Crippen molar-refractivity contribution in [3.05, 3.63) is 89.8 Å². The largest absolute Gasteiger partial charge is 0.299 e. The monoisotopic (exact) mass is 361 g/mol. The van der Waals surface area contributed by atoms with Crippen LogP contribution < -0.4 is 0 Å². The minimum atomic E-state index is 0.813. The van der Waals surface area contributed by atoms with Crippen molar-refractivity contribution in [2.24, 2.45) is 0 Å². The number of aryl methyl sites for hydroxylation is 1. The summed E-state index contributed by atoms with van der Waals surface area (Å²) in [6.45, 7) is 6.43. The molecule has 3 aromatic heterocycles. The first-order chi connectivity index (χ1) is 13.2. The molecule has 3 heterocycles. The van der Waals surface area contributed by atoms with Crippen LogP contribution >= 0.6 is 0 Å². The normalized spacial score (nSPS) is 11.3. The second-order valence-corrected chi connectivity index (χ2v) is 6.92. The third kappa shape index (κ3) is 6.55. The van der Waals surface area contributed by atoms with Gasteiger partial charge in [-0.15, -0.1) is 0 Å². The molecule has 140 valence electrons. The maximum Gasteiger partial charge on any atom is 0.0544 e. The predicted molar refractivity (Wildman–Crippen MR) is 108 cm³/mol. The summed E-state index contributed by atoms with van der Waals surface area (Å²) >= 11 is 0. The van der Waals surface area contributed by atoms with Gasteiger partial charge in [-0.1, -0.05) is 18.2 Å². The second-order valence-electron chi connectivity index (χ2n) is 6.92. The van der Waals surface area contributed by atoms with E-state index in [1.54, 1.807) is 0 Å². The van der Waals surface area contributed by atoms with Crippen LogP contribution in [0, 0.1) is 6.92 Å². The van der Waals surface area contributed by atoms with Gasteiger partial charge in [0.1, 0.15) is 0 Å². The highest BCUT2D eigenvalue weighted by Crippen LogP contribution is 2.08. The van der Waals surface area contributed by atoms with Gasteiger partial charge in [0.15, 0.2) is 0 Å². The van der Waals surface area contributed by atoms with Gasteiger partial charge in [-0.25, -0.2) is 0 Å². The Morgan fingerprint density at radius 2 is 1.33 bits per heavy atom. The van der Waals surface area contributed by atoms with E-state index >= 15 is 0 Å². The predicted octanol–water partition coefficient (Wildman–Crippen LogP) is 3.31. The van der Waals surface area contributed by atoms with E-state index < -0.39 is 0 Å². The highest BCUT2D eigenvalue weighted by atomic mass is 15.2. The van der Waals surface area contributed by atoms with Gasteiger partial charge < -0.3 is 0 Å². The third-order valence-electron chi connectivity index (χ3n) is 4.43. The molecular weight excluding hydrogens is 334 g/mol. The Hall–Kier alpha value is -2.63. The first kappa shape index (κ1) is 19.1. The fraction of sp³-hybridized carbons (Fsp3) is 0.318. The van der Waals surface area contributed by atoms with Crippen molar-refractivity contribution < 1.29 is 0 Å². The molecular formula is C22H27N5. The number of hydrogen-bond donors (Lipinski definition) is 0. The molecule has 0 atom stereocenters. The van der Waals surface area contributed by atoms with Crippen LogP contribution in [-0.4, -0.2) is 44.9 Å². The van der Waals surface area contributed by atoms with Gasteiger partial charge in [-0.05, 0) is 49.9 Å². The van der Waals surface area contributed by atoms with Gasteiger partial charge >= 0.3 is 0 Å². The molecule has 0 fully saturated rings. The number of pyridine rings is 3. The van der Waals surface area contributed by atoms with Gasteiger partial charge in [-0.2, -0.15) is 0 Å². The maximum atomic E-state index is 4.57. The van der Waals surface area contributed by atoms with Gasteiger partial charge in [0.2, 0.25) is 0 Å². The lowest BCUT2D eigenvalue weighted by Crippen LogP contribution is -2.33. The van der Waals surface area contributed by atoms with E-state index in [9.17, 15) is 0 Å². The first-order valence-corrected chi connectivity index (χ1v) is 9.31. The number of rotatable bonds is 9. The lowest BCUT2D eigenvalue weighted by molar-refractivity contribution is 0.204. The summed E-state index contributed by atoms with van der Waals surface area (Å²) in [6.07, 6.45) is 5.63. The molecule has 0 bridgehead atoms. The van der Waals surface area contributed by atoms with Crippen LogP contribution in [0.25, 0.3) is 0 Å². The molecule has 0 aromatic carbocycles. The minimum Gasteiger partial charge on any atom is -0.299 e. The highest BCUT2D eigenvalue weighted by molar-refractivity contribution is 5.12. The fourth-order valence-electron chi connectivity index (χ4n) is 2.92. The summed E-state index contributed by atoms with van der Waals surface area (Å²) in [4.78, 5) is 18.2. The van der Waals surface area contributed by atoms with E-state index in [-0.39, 0.29) is 0 Å². The number of likely N-dealkylation sites (N-methyl/N-ethyl adjacent to an activating group) is 1. The molecule has 0 aliphatic carbocycles. The van der Waals surface area contributed by atoms with Crippen LogP contribution in [0.15, 0.2) is 67.1 Å². The summed E-state index contributed by atoms with van der Waals surface area (Å²) in [7, 11) is 2.14. The maximum absolute atomic E-state index is 4.57. The Morgan fingerprint density at radius 3 is 1.89 bits per heavy atom. The Labute approximate surface area is 161 Å². The molecule has 27 heavy (non-hydrogen) atoms. The van der Waals surface area contributed by atoms with Gasteiger partial charge in [-0.3, -0.25) is 24.8 Å². The van der Waals surface area contributed by atoms with Gasteiger partial charge in [0, 0.05) is 51.3 Å². The molecule has 5 nitrogen and oxygen atoms in total. The SMILES string of the molecule is Cc1ccc(CN(CCN(C)Cc2ccccn2)Cc2ccccn2)nc1. The smallest absolute Gasteiger partial charge is 0.0544 e.